The molecule has 0 bridgehead atoms. The van der Waals surface area contributed by atoms with Crippen molar-refractivity contribution in [1.82, 2.24) is 20.1 Å². The monoisotopic (exact) mass is 404 g/mol. The summed E-state index contributed by atoms with van der Waals surface area (Å²) in [6.45, 7) is 4.50. The first-order valence-corrected chi connectivity index (χ1v) is 10.1. The summed E-state index contributed by atoms with van der Waals surface area (Å²) < 4.78 is 7.43. The maximum atomic E-state index is 12.1. The van der Waals surface area contributed by atoms with Crippen LogP contribution in [-0.2, 0) is 11.3 Å². The minimum Gasteiger partial charge on any atom is -0.467 e. The molecule has 1 N–H and O–H groups in total. The predicted molar refractivity (Wildman–Crippen MR) is 107 cm³/mol. The van der Waals surface area contributed by atoms with Crippen LogP contribution in [0.15, 0.2) is 52.2 Å². The number of halogens is 1. The van der Waals surface area contributed by atoms with E-state index in [1.54, 1.807) is 6.26 Å². The zero-order valence-electron chi connectivity index (χ0n) is 15.2. The van der Waals surface area contributed by atoms with Gasteiger partial charge in [-0.05, 0) is 49.7 Å². The second kappa shape index (κ2) is 9.10. The average Bonchev–Trinajstić information content (AvgIpc) is 3.31. The third kappa shape index (κ3) is 5.14. The van der Waals surface area contributed by atoms with Gasteiger partial charge in [0.1, 0.15) is 5.76 Å². The van der Waals surface area contributed by atoms with Crippen molar-refractivity contribution in [3.05, 3.63) is 53.4 Å². The van der Waals surface area contributed by atoms with Gasteiger partial charge < -0.3 is 9.73 Å². The van der Waals surface area contributed by atoms with Gasteiger partial charge in [0.25, 0.3) is 0 Å². The van der Waals surface area contributed by atoms with E-state index < -0.39 is 0 Å². The molecule has 0 aliphatic rings. The Hall–Kier alpha value is -2.25. The van der Waals surface area contributed by atoms with Gasteiger partial charge in [0.05, 0.1) is 18.6 Å². The molecular weight excluding hydrogens is 384 g/mol. The summed E-state index contributed by atoms with van der Waals surface area (Å²) in [4.78, 5) is 12.1. The van der Waals surface area contributed by atoms with E-state index >= 15 is 0 Å². The summed E-state index contributed by atoms with van der Waals surface area (Å²) in [5, 5.41) is 12.9. The Morgan fingerprint density at radius 1 is 1.30 bits per heavy atom. The third-order valence-corrected chi connectivity index (χ3v) is 5.28. The predicted octanol–water partition coefficient (Wildman–Crippen LogP) is 4.25. The molecule has 0 aliphatic heterocycles. The minimum absolute atomic E-state index is 0.0186. The molecule has 1 aromatic carbocycles. The van der Waals surface area contributed by atoms with Gasteiger partial charge in [0.15, 0.2) is 11.0 Å². The molecular formula is C19H21ClN4O2S. The topological polar surface area (TPSA) is 73.0 Å². The first kappa shape index (κ1) is 19.5. The number of rotatable bonds is 8. The molecule has 3 aromatic rings. The largest absolute Gasteiger partial charge is 0.467 e. The van der Waals surface area contributed by atoms with Gasteiger partial charge in [0, 0.05) is 16.6 Å². The number of benzene rings is 1. The van der Waals surface area contributed by atoms with Gasteiger partial charge in [-0.3, -0.25) is 9.36 Å². The first-order chi connectivity index (χ1) is 13.1. The van der Waals surface area contributed by atoms with E-state index in [0.717, 1.165) is 17.7 Å². The van der Waals surface area contributed by atoms with E-state index in [-0.39, 0.29) is 17.7 Å². The van der Waals surface area contributed by atoms with Crippen molar-refractivity contribution >= 4 is 29.3 Å². The Morgan fingerprint density at radius 2 is 2.07 bits per heavy atom. The normalized spacial score (nSPS) is 12.1. The lowest BCUT2D eigenvalue weighted by molar-refractivity contribution is -0.119. The highest BCUT2D eigenvalue weighted by atomic mass is 35.5. The standard InChI is InChI=1S/C19H21ClN4O2S/c1-3-13(2)21-17(25)12-27-19-23-22-18(14-6-8-15(20)9-7-14)24(19)11-16-5-4-10-26-16/h4-10,13H,3,11-12H2,1-2H3,(H,21,25). The van der Waals surface area contributed by atoms with Gasteiger partial charge in [-0.15, -0.1) is 10.2 Å². The zero-order valence-corrected chi connectivity index (χ0v) is 16.8. The highest BCUT2D eigenvalue weighted by Crippen LogP contribution is 2.26. The van der Waals surface area contributed by atoms with Gasteiger partial charge in [-0.1, -0.05) is 30.3 Å². The Kier molecular flexibility index (Phi) is 6.58. The highest BCUT2D eigenvalue weighted by Gasteiger charge is 2.17. The fourth-order valence-electron chi connectivity index (χ4n) is 2.46. The Labute approximate surface area is 167 Å². The number of carbonyl (C=O) groups is 1. The van der Waals surface area contributed by atoms with E-state index in [0.29, 0.717) is 22.5 Å². The number of hydrogen-bond acceptors (Lipinski definition) is 5. The molecule has 0 fully saturated rings. The Balaban J connectivity index is 1.82. The summed E-state index contributed by atoms with van der Waals surface area (Å²) >= 11 is 7.35. The fourth-order valence-corrected chi connectivity index (χ4v) is 3.33. The average molecular weight is 405 g/mol. The maximum absolute atomic E-state index is 12.1. The van der Waals surface area contributed by atoms with Crippen LogP contribution in [-0.4, -0.2) is 32.5 Å². The molecule has 3 rings (SSSR count). The van der Waals surface area contributed by atoms with Crippen molar-refractivity contribution in [3.8, 4) is 11.4 Å². The minimum atomic E-state index is -0.0186. The lowest BCUT2D eigenvalue weighted by Crippen LogP contribution is -2.33. The molecule has 0 saturated carbocycles. The van der Waals surface area contributed by atoms with Crippen LogP contribution in [0.4, 0.5) is 0 Å². The number of amides is 1. The van der Waals surface area contributed by atoms with E-state index in [2.05, 4.69) is 15.5 Å². The van der Waals surface area contributed by atoms with Crippen LogP contribution in [0, 0.1) is 0 Å². The Morgan fingerprint density at radius 3 is 2.74 bits per heavy atom. The van der Waals surface area contributed by atoms with Crippen LogP contribution in [0.25, 0.3) is 11.4 Å². The number of nitrogens with zero attached hydrogens (tertiary/aromatic N) is 3. The van der Waals surface area contributed by atoms with Gasteiger partial charge in [-0.2, -0.15) is 0 Å². The fraction of sp³-hybridized carbons (Fsp3) is 0.316. The first-order valence-electron chi connectivity index (χ1n) is 8.70. The van der Waals surface area contributed by atoms with Crippen LogP contribution >= 0.6 is 23.4 Å². The van der Waals surface area contributed by atoms with E-state index in [1.165, 1.54) is 11.8 Å². The van der Waals surface area contributed by atoms with Gasteiger partial charge in [-0.25, -0.2) is 0 Å². The van der Waals surface area contributed by atoms with E-state index in [9.17, 15) is 4.79 Å². The SMILES string of the molecule is CCC(C)NC(=O)CSc1nnc(-c2ccc(Cl)cc2)n1Cc1ccco1. The van der Waals surface area contributed by atoms with E-state index in [4.69, 9.17) is 16.0 Å². The number of hydrogen-bond donors (Lipinski definition) is 1. The van der Waals surface area contributed by atoms with Crippen molar-refractivity contribution in [1.29, 1.82) is 0 Å². The van der Waals surface area contributed by atoms with Crippen molar-refractivity contribution in [2.24, 2.45) is 0 Å². The lowest BCUT2D eigenvalue weighted by Gasteiger charge is -2.11. The highest BCUT2D eigenvalue weighted by molar-refractivity contribution is 7.99. The van der Waals surface area contributed by atoms with E-state index in [1.807, 2.05) is 54.8 Å². The molecule has 1 unspecified atom stereocenters. The summed E-state index contributed by atoms with van der Waals surface area (Å²) in [5.41, 5.74) is 0.898. The maximum Gasteiger partial charge on any atom is 0.230 e. The summed E-state index contributed by atoms with van der Waals surface area (Å²) in [7, 11) is 0. The van der Waals surface area contributed by atoms with Crippen molar-refractivity contribution in [2.45, 2.75) is 38.0 Å². The van der Waals surface area contributed by atoms with Crippen LogP contribution < -0.4 is 5.32 Å². The number of aromatic nitrogens is 3. The number of carbonyl (C=O) groups excluding carboxylic acids is 1. The summed E-state index contributed by atoms with van der Waals surface area (Å²) in [6.07, 6.45) is 2.53. The molecule has 0 spiro atoms. The molecule has 8 heteroatoms. The second-order valence-corrected chi connectivity index (χ2v) is 7.52. The van der Waals surface area contributed by atoms with Crippen LogP contribution in [0.1, 0.15) is 26.0 Å². The van der Waals surface area contributed by atoms with Crippen LogP contribution in [0.3, 0.4) is 0 Å². The molecule has 1 atom stereocenters. The second-order valence-electron chi connectivity index (χ2n) is 6.14. The number of nitrogens with one attached hydrogen (secondary N) is 1. The quantitative estimate of drug-likeness (QED) is 0.568. The molecule has 27 heavy (non-hydrogen) atoms. The third-order valence-electron chi connectivity index (χ3n) is 4.07. The van der Waals surface area contributed by atoms with Crippen molar-refractivity contribution in [3.63, 3.8) is 0 Å². The molecule has 0 radical (unpaired) electrons. The molecule has 2 aromatic heterocycles. The molecule has 1 amide bonds. The van der Waals surface area contributed by atoms with Crippen LogP contribution in [0.5, 0.6) is 0 Å². The molecule has 2 heterocycles. The van der Waals surface area contributed by atoms with Crippen molar-refractivity contribution < 1.29 is 9.21 Å². The summed E-state index contributed by atoms with van der Waals surface area (Å²) in [6, 6.07) is 11.3. The Bertz CT molecular complexity index is 878. The molecule has 0 aliphatic carbocycles. The number of furan rings is 1. The van der Waals surface area contributed by atoms with Gasteiger partial charge in [0.2, 0.25) is 5.91 Å². The van der Waals surface area contributed by atoms with Crippen molar-refractivity contribution in [2.75, 3.05) is 5.75 Å². The smallest absolute Gasteiger partial charge is 0.230 e. The molecule has 6 nitrogen and oxygen atoms in total. The van der Waals surface area contributed by atoms with Crippen LogP contribution in [0.2, 0.25) is 5.02 Å². The summed E-state index contributed by atoms with van der Waals surface area (Å²) in [5.74, 6) is 1.75. The lowest BCUT2D eigenvalue weighted by atomic mass is 10.2. The zero-order chi connectivity index (χ0) is 19.2. The molecule has 142 valence electrons. The molecule has 0 saturated heterocycles. The van der Waals surface area contributed by atoms with Gasteiger partial charge >= 0.3 is 0 Å². The number of thioether (sulfide) groups is 1.